The lowest BCUT2D eigenvalue weighted by Gasteiger charge is -2.37. The van der Waals surface area contributed by atoms with Crippen molar-refractivity contribution in [3.63, 3.8) is 0 Å². The molecule has 0 bridgehead atoms. The van der Waals surface area contributed by atoms with Crippen molar-refractivity contribution in [1.29, 1.82) is 0 Å². The minimum atomic E-state index is -0.261. The lowest BCUT2D eigenvalue weighted by molar-refractivity contribution is -0.135. The maximum absolute atomic E-state index is 13.5. The fourth-order valence-electron chi connectivity index (χ4n) is 4.15. The van der Waals surface area contributed by atoms with Crippen LogP contribution >= 0.6 is 11.3 Å². The SMILES string of the molecule is Cc1ccc(OCC2c3ccsc3CCN2C(=O)CN(CC(C)C)C(=O)c2ccco2)cc1. The summed E-state index contributed by atoms with van der Waals surface area (Å²) in [4.78, 5) is 31.2. The van der Waals surface area contributed by atoms with Crippen LogP contribution in [0.5, 0.6) is 5.75 Å². The number of carbonyl (C=O) groups excluding carboxylic acids is 2. The second-order valence-corrected chi connectivity index (χ2v) is 9.83. The highest BCUT2D eigenvalue weighted by atomic mass is 32.1. The summed E-state index contributed by atoms with van der Waals surface area (Å²) in [6.45, 7) is 7.57. The average molecular weight is 467 g/mol. The lowest BCUT2D eigenvalue weighted by atomic mass is 10.00. The Morgan fingerprint density at radius 1 is 1.21 bits per heavy atom. The van der Waals surface area contributed by atoms with Crippen LogP contribution in [0.15, 0.2) is 58.5 Å². The molecule has 4 rings (SSSR count). The van der Waals surface area contributed by atoms with Gasteiger partial charge in [0.1, 0.15) is 18.9 Å². The predicted octanol–water partition coefficient (Wildman–Crippen LogP) is 4.95. The standard InChI is InChI=1S/C26H30N2O4S/c1-18(2)15-27(26(30)23-5-4-13-31-23)16-25(29)28-12-10-24-21(11-14-33-24)22(28)17-32-20-8-6-19(3)7-9-20/h4-9,11,13-14,18,22H,10,12,15-17H2,1-3H3. The van der Waals surface area contributed by atoms with Crippen molar-refractivity contribution in [1.82, 2.24) is 9.80 Å². The first kappa shape index (κ1) is 23.1. The van der Waals surface area contributed by atoms with Crippen molar-refractivity contribution in [3.05, 3.63) is 75.9 Å². The number of carbonyl (C=O) groups is 2. The minimum absolute atomic E-state index is 0.0121. The summed E-state index contributed by atoms with van der Waals surface area (Å²) in [6.07, 6.45) is 2.29. The van der Waals surface area contributed by atoms with E-state index >= 15 is 0 Å². The van der Waals surface area contributed by atoms with Gasteiger partial charge in [-0.2, -0.15) is 0 Å². The molecule has 1 unspecified atom stereocenters. The fraction of sp³-hybridized carbons (Fsp3) is 0.385. The number of amides is 2. The van der Waals surface area contributed by atoms with Crippen LogP contribution in [0.3, 0.4) is 0 Å². The predicted molar refractivity (Wildman–Crippen MR) is 129 cm³/mol. The van der Waals surface area contributed by atoms with Crippen molar-refractivity contribution in [2.45, 2.75) is 33.2 Å². The largest absolute Gasteiger partial charge is 0.491 e. The molecule has 1 aromatic carbocycles. The molecule has 1 aliphatic rings. The van der Waals surface area contributed by atoms with Crippen LogP contribution in [-0.4, -0.2) is 47.9 Å². The van der Waals surface area contributed by atoms with Gasteiger partial charge in [-0.25, -0.2) is 0 Å². The Morgan fingerprint density at radius 2 is 2.00 bits per heavy atom. The molecule has 0 spiro atoms. The second-order valence-electron chi connectivity index (χ2n) is 8.83. The molecule has 3 aromatic rings. The van der Waals surface area contributed by atoms with Gasteiger partial charge in [-0.3, -0.25) is 9.59 Å². The highest BCUT2D eigenvalue weighted by Crippen LogP contribution is 2.34. The zero-order valence-corrected chi connectivity index (χ0v) is 20.1. The third kappa shape index (κ3) is 5.47. The first-order valence-electron chi connectivity index (χ1n) is 11.3. The number of nitrogens with zero attached hydrogens (tertiary/aromatic N) is 2. The Balaban J connectivity index is 1.52. The summed E-state index contributed by atoms with van der Waals surface area (Å²) in [7, 11) is 0. The van der Waals surface area contributed by atoms with E-state index in [-0.39, 0.29) is 36.1 Å². The van der Waals surface area contributed by atoms with E-state index in [2.05, 4.69) is 11.4 Å². The number of benzene rings is 1. The van der Waals surface area contributed by atoms with E-state index in [1.807, 2.05) is 49.9 Å². The monoisotopic (exact) mass is 466 g/mol. The number of aryl methyl sites for hydroxylation is 1. The fourth-order valence-corrected chi connectivity index (χ4v) is 5.08. The van der Waals surface area contributed by atoms with Gasteiger partial charge in [-0.05, 0) is 60.5 Å². The number of fused-ring (bicyclic) bond motifs is 1. The molecule has 2 amide bonds. The summed E-state index contributed by atoms with van der Waals surface area (Å²) in [5, 5.41) is 2.07. The molecule has 174 valence electrons. The highest BCUT2D eigenvalue weighted by Gasteiger charge is 2.34. The third-order valence-corrected chi connectivity index (χ3v) is 6.77. The molecule has 0 N–H and O–H groups in total. The van der Waals surface area contributed by atoms with Gasteiger partial charge in [0.15, 0.2) is 5.76 Å². The molecular formula is C26H30N2O4S. The van der Waals surface area contributed by atoms with Crippen molar-refractivity contribution in [2.75, 3.05) is 26.2 Å². The van der Waals surface area contributed by atoms with E-state index in [1.54, 1.807) is 28.4 Å². The maximum Gasteiger partial charge on any atom is 0.290 e. The molecule has 1 aliphatic heterocycles. The number of ether oxygens (including phenoxy) is 1. The molecule has 0 fully saturated rings. The summed E-state index contributed by atoms with van der Waals surface area (Å²) in [5.74, 6) is 0.918. The Morgan fingerprint density at radius 3 is 2.70 bits per heavy atom. The Labute approximate surface area is 198 Å². The van der Waals surface area contributed by atoms with Crippen molar-refractivity contribution in [2.24, 2.45) is 5.92 Å². The van der Waals surface area contributed by atoms with Gasteiger partial charge in [0.2, 0.25) is 5.91 Å². The zero-order chi connectivity index (χ0) is 23.4. The molecule has 0 radical (unpaired) electrons. The van der Waals surface area contributed by atoms with Crippen LogP contribution in [0.1, 0.15) is 46.4 Å². The Hall–Kier alpha value is -3.06. The highest BCUT2D eigenvalue weighted by molar-refractivity contribution is 7.10. The van der Waals surface area contributed by atoms with Gasteiger partial charge in [-0.1, -0.05) is 31.5 Å². The van der Waals surface area contributed by atoms with Crippen LogP contribution < -0.4 is 4.74 Å². The normalized spacial score (nSPS) is 15.4. The number of hydrogen-bond acceptors (Lipinski definition) is 5. The van der Waals surface area contributed by atoms with Crippen LogP contribution in [0.4, 0.5) is 0 Å². The van der Waals surface area contributed by atoms with Crippen molar-refractivity contribution >= 4 is 23.2 Å². The zero-order valence-electron chi connectivity index (χ0n) is 19.3. The molecule has 3 heterocycles. The number of hydrogen-bond donors (Lipinski definition) is 0. The van der Waals surface area contributed by atoms with Crippen LogP contribution in [0, 0.1) is 12.8 Å². The Kier molecular flexibility index (Phi) is 7.18. The van der Waals surface area contributed by atoms with Gasteiger partial charge in [0.25, 0.3) is 5.91 Å². The van der Waals surface area contributed by atoms with Crippen LogP contribution in [-0.2, 0) is 11.2 Å². The summed E-state index contributed by atoms with van der Waals surface area (Å²) in [6, 6.07) is 13.1. The molecule has 0 aliphatic carbocycles. The molecule has 6 nitrogen and oxygen atoms in total. The molecule has 0 saturated heterocycles. The van der Waals surface area contributed by atoms with E-state index in [9.17, 15) is 9.59 Å². The lowest BCUT2D eigenvalue weighted by Crippen LogP contribution is -2.48. The van der Waals surface area contributed by atoms with E-state index in [1.165, 1.54) is 16.7 Å². The summed E-state index contributed by atoms with van der Waals surface area (Å²) in [5.41, 5.74) is 2.31. The quantitative estimate of drug-likeness (QED) is 0.471. The van der Waals surface area contributed by atoms with Gasteiger partial charge in [0.05, 0.1) is 12.3 Å². The number of furan rings is 1. The van der Waals surface area contributed by atoms with Crippen LogP contribution in [0.2, 0.25) is 0 Å². The van der Waals surface area contributed by atoms with Crippen molar-refractivity contribution in [3.8, 4) is 5.75 Å². The Bertz CT molecular complexity index is 1070. The molecule has 0 saturated carbocycles. The van der Waals surface area contributed by atoms with Crippen LogP contribution in [0.25, 0.3) is 0 Å². The van der Waals surface area contributed by atoms with Crippen molar-refractivity contribution < 1.29 is 18.7 Å². The third-order valence-electron chi connectivity index (χ3n) is 5.77. The number of rotatable bonds is 8. The van der Waals surface area contributed by atoms with Gasteiger partial charge < -0.3 is 19.0 Å². The van der Waals surface area contributed by atoms with E-state index in [4.69, 9.17) is 9.15 Å². The van der Waals surface area contributed by atoms with Gasteiger partial charge in [0, 0.05) is 18.0 Å². The summed E-state index contributed by atoms with van der Waals surface area (Å²) < 4.78 is 11.4. The van der Waals surface area contributed by atoms with E-state index in [0.29, 0.717) is 19.7 Å². The molecule has 7 heteroatoms. The first-order valence-corrected chi connectivity index (χ1v) is 12.2. The van der Waals surface area contributed by atoms with E-state index in [0.717, 1.165) is 17.7 Å². The molecular weight excluding hydrogens is 436 g/mol. The summed E-state index contributed by atoms with van der Waals surface area (Å²) >= 11 is 1.72. The molecule has 1 atom stereocenters. The smallest absolute Gasteiger partial charge is 0.290 e. The number of thiophene rings is 1. The van der Waals surface area contributed by atoms with Gasteiger partial charge >= 0.3 is 0 Å². The molecule has 33 heavy (non-hydrogen) atoms. The van der Waals surface area contributed by atoms with Gasteiger partial charge in [-0.15, -0.1) is 11.3 Å². The molecule has 2 aromatic heterocycles. The first-order chi connectivity index (χ1) is 15.9. The minimum Gasteiger partial charge on any atom is -0.491 e. The average Bonchev–Trinajstić information content (AvgIpc) is 3.49. The topological polar surface area (TPSA) is 63.0 Å². The maximum atomic E-state index is 13.5. The van der Waals surface area contributed by atoms with E-state index < -0.39 is 0 Å². The second kappa shape index (κ2) is 10.3.